The maximum atomic E-state index is 14.1. The highest BCUT2D eigenvalue weighted by atomic mass is 19.4. The SMILES string of the molecule is COc1cccc2c1C(=O)[C@@H]1[C@H](O)[C@H]3[C@H](C[C@@](O)(/C(C)=N\N=C/C(F)(F)C(F)(F)C(F)(F)C(F)(F)F)C[C@H]3O[C@@H]3C[C@H](N)[C@H](O)[C@H](C)O3)[C@@H](O)[C@H]1C2=O. The van der Waals surface area contributed by atoms with Crippen LogP contribution in [0.25, 0.3) is 0 Å². The molecule has 2 saturated carbocycles. The summed E-state index contributed by atoms with van der Waals surface area (Å²) in [6.07, 6.45) is -18.2. The number of rotatable bonds is 8. The fraction of sp³-hybridized carbons (Fsp3) is 0.688. The molecule has 0 unspecified atom stereocenters. The zero-order valence-electron chi connectivity index (χ0n) is 28.0. The van der Waals surface area contributed by atoms with Crippen LogP contribution >= 0.6 is 0 Å². The number of benzene rings is 1. The Hall–Kier alpha value is -3.21. The molecule has 0 amide bonds. The molecular weight excluding hydrogens is 741 g/mol. The van der Waals surface area contributed by atoms with E-state index in [0.29, 0.717) is 0 Å². The molecule has 1 aromatic carbocycles. The average molecular weight is 778 g/mol. The molecule has 5 rings (SSSR count). The molecule has 3 fully saturated rings. The summed E-state index contributed by atoms with van der Waals surface area (Å²) in [6.45, 7) is 2.37. The zero-order chi connectivity index (χ0) is 39.8. The maximum absolute atomic E-state index is 14.1. The third-order valence-corrected chi connectivity index (χ3v) is 10.7. The third-order valence-electron chi connectivity index (χ3n) is 10.7. The summed E-state index contributed by atoms with van der Waals surface area (Å²) in [5.74, 6) is -27.7. The first-order chi connectivity index (χ1) is 24.3. The Morgan fingerprint density at radius 2 is 1.58 bits per heavy atom. The second-order valence-corrected chi connectivity index (χ2v) is 13.9. The molecule has 1 saturated heterocycles. The molecule has 1 aliphatic heterocycles. The van der Waals surface area contributed by atoms with Crippen molar-refractivity contribution in [3.05, 3.63) is 29.3 Å². The van der Waals surface area contributed by atoms with Crippen LogP contribution in [-0.4, -0.2) is 123 Å². The van der Waals surface area contributed by atoms with Gasteiger partial charge in [0, 0.05) is 30.4 Å². The van der Waals surface area contributed by atoms with Gasteiger partial charge >= 0.3 is 23.9 Å². The summed E-state index contributed by atoms with van der Waals surface area (Å²) in [4.78, 5) is 27.7. The minimum Gasteiger partial charge on any atom is -0.496 e. The molecule has 0 aromatic heterocycles. The summed E-state index contributed by atoms with van der Waals surface area (Å²) in [5.41, 5.74) is 2.59. The highest BCUT2D eigenvalue weighted by molar-refractivity contribution is 6.18. The van der Waals surface area contributed by atoms with E-state index in [-0.39, 0.29) is 23.3 Å². The van der Waals surface area contributed by atoms with Crippen LogP contribution in [0.2, 0.25) is 0 Å². The Kier molecular flexibility index (Phi) is 10.7. The van der Waals surface area contributed by atoms with Crippen molar-refractivity contribution in [1.29, 1.82) is 0 Å². The minimum absolute atomic E-state index is 0.0175. The first-order valence-corrected chi connectivity index (χ1v) is 16.2. The van der Waals surface area contributed by atoms with Crippen LogP contribution in [0.1, 0.15) is 53.8 Å². The number of hydrogen-bond donors (Lipinski definition) is 5. The topological polar surface area (TPSA) is 193 Å². The van der Waals surface area contributed by atoms with E-state index in [2.05, 4.69) is 10.2 Å². The fourth-order valence-corrected chi connectivity index (χ4v) is 7.80. The standard InChI is InChI=1S/C32H36F9N3O9/c1-11-23(45)15(42)7-18(52-11)53-17-9-28(50,12(2)44-43-10-29(33,34)30(35,36)31(37,38)32(39,40)41)8-14-20(17)27(49)22-21(25(14)47)24(46)13-5-4-6-16(51-3)19(13)26(22)48/h4-6,10-11,14-15,17-18,20-23,25,27,45,47,49-50H,7-9,42H2,1-3H3/b43-10-,44-12-/t11-,14-,15-,17+,18+,20-,21+,22+,23+,25+,27+,28-/m0/s1. The average Bonchev–Trinajstić information content (AvgIpc) is 3.06. The molecule has 4 aliphatic rings. The smallest absolute Gasteiger partial charge is 0.460 e. The number of alkyl halides is 9. The number of fused-ring (bicyclic) bond motifs is 3. The predicted octanol–water partition coefficient (Wildman–Crippen LogP) is 2.92. The van der Waals surface area contributed by atoms with E-state index in [1.807, 2.05) is 0 Å². The maximum Gasteiger partial charge on any atom is 0.460 e. The molecule has 1 heterocycles. The van der Waals surface area contributed by atoms with Gasteiger partial charge in [-0.15, -0.1) is 0 Å². The fourth-order valence-electron chi connectivity index (χ4n) is 7.80. The Morgan fingerprint density at radius 1 is 0.962 bits per heavy atom. The van der Waals surface area contributed by atoms with E-state index in [4.69, 9.17) is 19.9 Å². The Labute approximate surface area is 294 Å². The monoisotopic (exact) mass is 777 g/mol. The molecule has 12 atom stereocenters. The van der Waals surface area contributed by atoms with Gasteiger partial charge < -0.3 is 40.4 Å². The molecule has 0 spiro atoms. The van der Waals surface area contributed by atoms with Gasteiger partial charge in [0.2, 0.25) is 0 Å². The van der Waals surface area contributed by atoms with Gasteiger partial charge in [-0.05, 0) is 32.3 Å². The third kappa shape index (κ3) is 6.64. The number of ketones is 2. The van der Waals surface area contributed by atoms with Crippen LogP contribution in [0.3, 0.4) is 0 Å². The lowest BCUT2D eigenvalue weighted by atomic mass is 9.52. The molecule has 6 N–H and O–H groups in total. The first-order valence-electron chi connectivity index (χ1n) is 16.2. The van der Waals surface area contributed by atoms with Crippen LogP contribution in [-0.2, 0) is 9.47 Å². The lowest BCUT2D eigenvalue weighted by Crippen LogP contribution is -2.66. The lowest BCUT2D eigenvalue weighted by molar-refractivity contribution is -0.384. The number of aliphatic hydroxyl groups is 4. The zero-order valence-corrected chi connectivity index (χ0v) is 28.0. The molecule has 12 nitrogen and oxygen atoms in total. The van der Waals surface area contributed by atoms with Crippen molar-refractivity contribution < 1.29 is 83.7 Å². The van der Waals surface area contributed by atoms with Gasteiger partial charge in [0.1, 0.15) is 17.6 Å². The molecule has 53 heavy (non-hydrogen) atoms. The first kappa shape index (κ1) is 41.0. The van der Waals surface area contributed by atoms with E-state index in [1.54, 1.807) is 0 Å². The van der Waals surface area contributed by atoms with E-state index < -0.39 is 132 Å². The summed E-state index contributed by atoms with van der Waals surface area (Å²) < 4.78 is 137. The van der Waals surface area contributed by atoms with Gasteiger partial charge in [0.05, 0.1) is 60.7 Å². The van der Waals surface area contributed by atoms with E-state index in [1.165, 1.54) is 32.2 Å². The van der Waals surface area contributed by atoms with Crippen molar-refractivity contribution in [3.63, 3.8) is 0 Å². The van der Waals surface area contributed by atoms with E-state index in [0.717, 1.165) is 6.92 Å². The molecular formula is C32H36F9N3O9. The number of carbonyl (C=O) groups is 2. The number of Topliss-reactive ketones (excluding diaryl/α,β-unsaturated/α-hetero) is 2. The second-order valence-electron chi connectivity index (χ2n) is 13.9. The highest BCUT2D eigenvalue weighted by Gasteiger charge is 2.81. The van der Waals surface area contributed by atoms with Crippen molar-refractivity contribution in [2.75, 3.05) is 7.11 Å². The quantitative estimate of drug-likeness (QED) is 0.149. The van der Waals surface area contributed by atoms with Gasteiger partial charge in [0.15, 0.2) is 17.9 Å². The number of nitrogens with two attached hydrogens (primary N) is 1. The molecule has 296 valence electrons. The van der Waals surface area contributed by atoms with E-state index >= 15 is 0 Å². The normalized spacial score (nSPS) is 37.3. The molecule has 3 aliphatic carbocycles. The number of ether oxygens (including phenoxy) is 3. The van der Waals surface area contributed by atoms with Crippen molar-refractivity contribution in [2.45, 2.75) is 106 Å². The summed E-state index contributed by atoms with van der Waals surface area (Å²) in [7, 11) is 1.25. The number of halogens is 9. The van der Waals surface area contributed by atoms with Gasteiger partial charge in [-0.2, -0.15) is 49.7 Å². The number of methoxy groups -OCH3 is 1. The predicted molar refractivity (Wildman–Crippen MR) is 162 cm³/mol. The lowest BCUT2D eigenvalue weighted by Gasteiger charge is -2.56. The van der Waals surface area contributed by atoms with Gasteiger partial charge in [-0.3, -0.25) is 9.59 Å². The van der Waals surface area contributed by atoms with Crippen molar-refractivity contribution in [2.24, 2.45) is 39.6 Å². The number of aliphatic hydroxyl groups excluding tert-OH is 3. The molecule has 1 aromatic rings. The van der Waals surface area contributed by atoms with Crippen LogP contribution in [0.15, 0.2) is 28.4 Å². The molecule has 0 bridgehead atoms. The highest BCUT2D eigenvalue weighted by Crippen LogP contribution is 2.55. The second kappa shape index (κ2) is 13.8. The number of hydrogen-bond acceptors (Lipinski definition) is 12. The number of carbonyl (C=O) groups excluding carboxylic acids is 2. The Morgan fingerprint density at radius 3 is 2.17 bits per heavy atom. The Bertz CT molecular complexity index is 1650. The largest absolute Gasteiger partial charge is 0.496 e. The van der Waals surface area contributed by atoms with Gasteiger partial charge in [0.25, 0.3) is 0 Å². The van der Waals surface area contributed by atoms with Crippen LogP contribution in [0.4, 0.5) is 39.5 Å². The number of nitrogens with zero attached hydrogens (tertiary/aromatic N) is 2. The van der Waals surface area contributed by atoms with Crippen molar-refractivity contribution in [1.82, 2.24) is 0 Å². The molecule has 21 heteroatoms. The molecule has 0 radical (unpaired) electrons. The van der Waals surface area contributed by atoms with Gasteiger partial charge in [-0.1, -0.05) is 12.1 Å². The van der Waals surface area contributed by atoms with Crippen LogP contribution in [0, 0.1) is 23.7 Å². The van der Waals surface area contributed by atoms with E-state index in [9.17, 15) is 69.5 Å². The van der Waals surface area contributed by atoms with Crippen molar-refractivity contribution >= 4 is 23.5 Å². The summed E-state index contributed by atoms with van der Waals surface area (Å²) in [5, 5.41) is 51.5. The summed E-state index contributed by atoms with van der Waals surface area (Å²) in [6, 6.07) is 3.23. The van der Waals surface area contributed by atoms with Crippen molar-refractivity contribution in [3.8, 4) is 5.75 Å². The van der Waals surface area contributed by atoms with Crippen LogP contribution in [0.5, 0.6) is 5.75 Å². The Balaban J connectivity index is 1.53. The van der Waals surface area contributed by atoms with Gasteiger partial charge in [-0.25, -0.2) is 0 Å². The minimum atomic E-state index is -7.19. The summed E-state index contributed by atoms with van der Waals surface area (Å²) >= 11 is 0. The van der Waals surface area contributed by atoms with Crippen LogP contribution < -0.4 is 10.5 Å².